The summed E-state index contributed by atoms with van der Waals surface area (Å²) in [4.78, 5) is 0. The van der Waals surface area contributed by atoms with Gasteiger partial charge in [0.25, 0.3) is 0 Å². The van der Waals surface area contributed by atoms with Gasteiger partial charge in [-0.3, -0.25) is 0 Å². The molecule has 1 rings (SSSR count). The Morgan fingerprint density at radius 3 is 2.67 bits per heavy atom. The largest absolute Gasteiger partial charge is 0.398 e. The summed E-state index contributed by atoms with van der Waals surface area (Å²) in [6.07, 6.45) is 0. The second-order valence-corrected chi connectivity index (χ2v) is 2.39. The molecule has 0 bridgehead atoms. The van der Waals surface area contributed by atoms with Crippen LogP contribution in [0.15, 0.2) is 18.2 Å². The molecule has 5 N–H and O–H groups in total. The number of hydrogen-bond acceptors (Lipinski definition) is 3. The first-order valence-electron chi connectivity index (χ1n) is 3.48. The normalized spacial score (nSPS) is 9.83. The quantitative estimate of drug-likeness (QED) is 0.448. The molecule has 0 fully saturated rings. The van der Waals surface area contributed by atoms with E-state index in [-0.39, 0.29) is 23.5 Å². The lowest BCUT2D eigenvalue weighted by molar-refractivity contribution is 0.625. The fraction of sp³-hybridized carbons (Fsp3) is 0.125. The number of hydrogen-bond donors (Lipinski definition) is 3. The molecule has 1 aromatic carbocycles. The minimum Gasteiger partial charge on any atom is -0.398 e. The van der Waals surface area contributed by atoms with Crippen molar-refractivity contribution < 1.29 is 4.39 Å². The van der Waals surface area contributed by atoms with Crippen LogP contribution in [0.3, 0.4) is 0 Å². The third-order valence-electron chi connectivity index (χ3n) is 1.55. The third-order valence-corrected chi connectivity index (χ3v) is 1.55. The Morgan fingerprint density at radius 1 is 1.50 bits per heavy atom. The molecule has 0 aliphatic heterocycles. The molecule has 1 aromatic rings. The van der Waals surface area contributed by atoms with E-state index < -0.39 is 5.82 Å². The highest BCUT2D eigenvalue weighted by molar-refractivity contribution is 6.03. The molecule has 0 radical (unpaired) electrons. The van der Waals surface area contributed by atoms with Gasteiger partial charge in [-0.15, -0.1) is 0 Å². The van der Waals surface area contributed by atoms with E-state index in [0.717, 1.165) is 0 Å². The number of nitrogens with two attached hydrogens (primary N) is 2. The van der Waals surface area contributed by atoms with E-state index >= 15 is 0 Å². The molecule has 0 heterocycles. The van der Waals surface area contributed by atoms with Crippen molar-refractivity contribution in [2.45, 2.75) is 0 Å². The Morgan fingerprint density at radius 2 is 2.17 bits per heavy atom. The zero-order valence-electron chi connectivity index (χ0n) is 6.47. The van der Waals surface area contributed by atoms with Gasteiger partial charge in [0.15, 0.2) is 0 Å². The molecule has 0 aliphatic carbocycles. The summed E-state index contributed by atoms with van der Waals surface area (Å²) in [5.74, 6) is -0.495. The van der Waals surface area contributed by atoms with Gasteiger partial charge in [-0.2, -0.15) is 0 Å². The average molecular weight is 167 g/mol. The fourth-order valence-electron chi connectivity index (χ4n) is 0.961. The van der Waals surface area contributed by atoms with Crippen LogP contribution in [0, 0.1) is 11.2 Å². The van der Waals surface area contributed by atoms with Gasteiger partial charge < -0.3 is 16.9 Å². The Balaban J connectivity index is 3.21. The molecule has 12 heavy (non-hydrogen) atoms. The SMILES string of the molecule is N=C(CN)c1c(N)cccc1F. The van der Waals surface area contributed by atoms with E-state index in [1.807, 2.05) is 0 Å². The van der Waals surface area contributed by atoms with E-state index in [1.165, 1.54) is 12.1 Å². The van der Waals surface area contributed by atoms with Crippen molar-refractivity contribution in [2.24, 2.45) is 5.73 Å². The zero-order chi connectivity index (χ0) is 9.14. The maximum atomic E-state index is 13.0. The highest BCUT2D eigenvalue weighted by Gasteiger charge is 2.09. The fourth-order valence-corrected chi connectivity index (χ4v) is 0.961. The van der Waals surface area contributed by atoms with Crippen LogP contribution in [-0.2, 0) is 0 Å². The maximum Gasteiger partial charge on any atom is 0.134 e. The van der Waals surface area contributed by atoms with E-state index in [2.05, 4.69) is 0 Å². The van der Waals surface area contributed by atoms with Crippen LogP contribution >= 0.6 is 0 Å². The average Bonchev–Trinajstić information content (AvgIpc) is 2.03. The number of nitrogen functional groups attached to an aromatic ring is 1. The third kappa shape index (κ3) is 1.43. The minimum atomic E-state index is -0.495. The number of nitrogens with one attached hydrogen (secondary N) is 1. The van der Waals surface area contributed by atoms with Crippen LogP contribution in [0.25, 0.3) is 0 Å². The van der Waals surface area contributed by atoms with Gasteiger partial charge in [0, 0.05) is 12.2 Å². The van der Waals surface area contributed by atoms with Gasteiger partial charge >= 0.3 is 0 Å². The van der Waals surface area contributed by atoms with Gasteiger partial charge in [0.05, 0.1) is 11.3 Å². The predicted molar refractivity (Wildman–Crippen MR) is 46.7 cm³/mol. The Kier molecular flexibility index (Phi) is 2.40. The second-order valence-electron chi connectivity index (χ2n) is 2.39. The number of benzene rings is 1. The van der Waals surface area contributed by atoms with Crippen LogP contribution in [0.4, 0.5) is 10.1 Å². The van der Waals surface area contributed by atoms with E-state index in [0.29, 0.717) is 0 Å². The number of rotatable bonds is 2. The summed E-state index contributed by atoms with van der Waals surface area (Å²) in [5, 5.41) is 7.32. The van der Waals surface area contributed by atoms with Crippen molar-refractivity contribution in [3.63, 3.8) is 0 Å². The first kappa shape index (κ1) is 8.67. The smallest absolute Gasteiger partial charge is 0.134 e. The lowest BCUT2D eigenvalue weighted by atomic mass is 10.1. The van der Waals surface area contributed by atoms with E-state index in [9.17, 15) is 4.39 Å². The Hall–Kier alpha value is -1.42. The highest BCUT2D eigenvalue weighted by Crippen LogP contribution is 2.15. The molecule has 0 amide bonds. The van der Waals surface area contributed by atoms with Gasteiger partial charge in [0.1, 0.15) is 5.82 Å². The molecule has 0 spiro atoms. The topological polar surface area (TPSA) is 75.9 Å². The molecule has 0 atom stereocenters. The molecule has 0 aromatic heterocycles. The first-order valence-corrected chi connectivity index (χ1v) is 3.48. The molecule has 64 valence electrons. The van der Waals surface area contributed by atoms with Crippen molar-refractivity contribution in [1.29, 1.82) is 5.41 Å². The summed E-state index contributed by atoms with van der Waals surface area (Å²) in [7, 11) is 0. The maximum absolute atomic E-state index is 13.0. The summed E-state index contributed by atoms with van der Waals surface area (Å²) in [6, 6.07) is 4.30. The Bertz CT molecular complexity index is 289. The highest BCUT2D eigenvalue weighted by atomic mass is 19.1. The first-order chi connectivity index (χ1) is 5.66. The van der Waals surface area contributed by atoms with Gasteiger partial charge in [-0.05, 0) is 12.1 Å². The molecule has 0 saturated carbocycles. The van der Waals surface area contributed by atoms with Crippen LogP contribution in [0.5, 0.6) is 0 Å². The van der Waals surface area contributed by atoms with Gasteiger partial charge in [-0.1, -0.05) is 6.07 Å². The lowest BCUT2D eigenvalue weighted by Gasteiger charge is -2.05. The number of halogens is 1. The molecule has 3 nitrogen and oxygen atoms in total. The van der Waals surface area contributed by atoms with Crippen molar-refractivity contribution in [3.8, 4) is 0 Å². The van der Waals surface area contributed by atoms with Crippen molar-refractivity contribution in [3.05, 3.63) is 29.6 Å². The summed E-state index contributed by atoms with van der Waals surface area (Å²) >= 11 is 0. The van der Waals surface area contributed by atoms with Crippen LogP contribution in [0.1, 0.15) is 5.56 Å². The molecular formula is C8H10FN3. The van der Waals surface area contributed by atoms with E-state index in [4.69, 9.17) is 16.9 Å². The van der Waals surface area contributed by atoms with E-state index in [1.54, 1.807) is 6.07 Å². The van der Waals surface area contributed by atoms with Gasteiger partial charge in [0.2, 0.25) is 0 Å². The van der Waals surface area contributed by atoms with Crippen LogP contribution in [0.2, 0.25) is 0 Å². The lowest BCUT2D eigenvalue weighted by Crippen LogP contribution is -2.16. The summed E-state index contributed by atoms with van der Waals surface area (Å²) < 4.78 is 13.0. The molecule has 0 aliphatic rings. The van der Waals surface area contributed by atoms with Gasteiger partial charge in [-0.25, -0.2) is 4.39 Å². The van der Waals surface area contributed by atoms with Crippen LogP contribution in [-0.4, -0.2) is 12.3 Å². The molecule has 0 saturated heterocycles. The predicted octanol–water partition coefficient (Wildman–Crippen LogP) is 0.734. The molecule has 4 heteroatoms. The van der Waals surface area contributed by atoms with Crippen LogP contribution < -0.4 is 11.5 Å². The second kappa shape index (κ2) is 3.32. The summed E-state index contributed by atoms with van der Waals surface area (Å²) in [5.41, 5.74) is 11.0. The van der Waals surface area contributed by atoms with Crippen molar-refractivity contribution in [2.75, 3.05) is 12.3 Å². The van der Waals surface area contributed by atoms with Crippen molar-refractivity contribution >= 4 is 11.4 Å². The molecule has 0 unspecified atom stereocenters. The standard InChI is InChI=1S/C8H10FN3/c9-5-2-1-3-6(11)8(5)7(12)4-10/h1-3,12H,4,10-11H2. The molecular weight excluding hydrogens is 157 g/mol. The number of anilines is 1. The Labute approximate surface area is 69.7 Å². The zero-order valence-corrected chi connectivity index (χ0v) is 6.47. The van der Waals surface area contributed by atoms with Crippen molar-refractivity contribution in [1.82, 2.24) is 0 Å². The minimum absolute atomic E-state index is 0.00880. The monoisotopic (exact) mass is 167 g/mol. The summed E-state index contributed by atoms with van der Waals surface area (Å²) in [6.45, 7) is -0.00880.